The van der Waals surface area contributed by atoms with E-state index >= 15 is 0 Å². The molecule has 1 heterocycles. The lowest BCUT2D eigenvalue weighted by atomic mass is 9.68. The Morgan fingerprint density at radius 1 is 1.31 bits per heavy atom. The lowest BCUT2D eigenvalue weighted by Gasteiger charge is -2.44. The van der Waals surface area contributed by atoms with Gasteiger partial charge in [-0.3, -0.25) is 0 Å². The first kappa shape index (κ1) is 12.3. The van der Waals surface area contributed by atoms with Gasteiger partial charge >= 0.3 is 0 Å². The Bertz CT molecular complexity index is 204. The molecule has 0 aromatic heterocycles. The zero-order chi connectivity index (χ0) is 11.4. The molecule has 0 amide bonds. The minimum atomic E-state index is 0.434. The summed E-state index contributed by atoms with van der Waals surface area (Å²) in [6.45, 7) is 4.05. The highest BCUT2D eigenvalue weighted by Gasteiger charge is 2.36. The van der Waals surface area contributed by atoms with Crippen LogP contribution in [0.2, 0.25) is 0 Å². The predicted octanol–water partition coefficient (Wildman–Crippen LogP) is 1.62. The smallest absolute Gasteiger partial charge is 0.0701 e. The molecule has 16 heavy (non-hydrogen) atoms. The quantitative estimate of drug-likeness (QED) is 0.774. The van der Waals surface area contributed by atoms with Crippen molar-refractivity contribution in [2.45, 2.75) is 44.6 Å². The second-order valence-electron chi connectivity index (χ2n) is 5.74. The van der Waals surface area contributed by atoms with Crippen LogP contribution >= 0.6 is 0 Å². The van der Waals surface area contributed by atoms with Gasteiger partial charge in [-0.25, -0.2) is 0 Å². The fourth-order valence-electron chi connectivity index (χ4n) is 3.04. The molecule has 3 nitrogen and oxygen atoms in total. The molecule has 1 aliphatic heterocycles. The summed E-state index contributed by atoms with van der Waals surface area (Å²) in [4.78, 5) is 2.43. The first-order valence-electron chi connectivity index (χ1n) is 6.74. The Kier molecular flexibility index (Phi) is 4.22. The molecule has 1 saturated heterocycles. The Morgan fingerprint density at radius 2 is 2.12 bits per heavy atom. The van der Waals surface area contributed by atoms with E-state index in [-0.39, 0.29) is 0 Å². The first-order valence-corrected chi connectivity index (χ1v) is 6.74. The van der Waals surface area contributed by atoms with Crippen molar-refractivity contribution in [1.29, 1.82) is 0 Å². The van der Waals surface area contributed by atoms with Gasteiger partial charge in [-0.2, -0.15) is 0 Å². The SMILES string of the molecule is CN(CC1CCCCO1)CC1(CN)CCC1. The molecule has 3 heteroatoms. The van der Waals surface area contributed by atoms with Crippen molar-refractivity contribution in [3.8, 4) is 0 Å². The number of ether oxygens (including phenoxy) is 1. The van der Waals surface area contributed by atoms with Crippen molar-refractivity contribution in [3.63, 3.8) is 0 Å². The predicted molar refractivity (Wildman–Crippen MR) is 66.4 cm³/mol. The third-order valence-electron chi connectivity index (χ3n) is 4.24. The molecule has 0 aromatic carbocycles. The summed E-state index contributed by atoms with van der Waals surface area (Å²) in [5.41, 5.74) is 6.33. The molecule has 0 aromatic rings. The molecule has 0 spiro atoms. The van der Waals surface area contributed by atoms with E-state index in [2.05, 4.69) is 11.9 Å². The molecular weight excluding hydrogens is 200 g/mol. The molecule has 2 aliphatic rings. The van der Waals surface area contributed by atoms with Crippen LogP contribution < -0.4 is 5.73 Å². The lowest BCUT2D eigenvalue weighted by Crippen LogP contribution is -2.47. The van der Waals surface area contributed by atoms with E-state index in [1.807, 2.05) is 0 Å². The summed E-state index contributed by atoms with van der Waals surface area (Å²) < 4.78 is 5.78. The van der Waals surface area contributed by atoms with Crippen molar-refractivity contribution in [1.82, 2.24) is 4.90 Å². The zero-order valence-electron chi connectivity index (χ0n) is 10.6. The van der Waals surface area contributed by atoms with Crippen LogP contribution in [-0.2, 0) is 4.74 Å². The number of hydrogen-bond acceptors (Lipinski definition) is 3. The van der Waals surface area contributed by atoms with Crippen LogP contribution in [0.25, 0.3) is 0 Å². The lowest BCUT2D eigenvalue weighted by molar-refractivity contribution is -0.0140. The summed E-state index contributed by atoms with van der Waals surface area (Å²) in [6, 6.07) is 0. The molecule has 1 atom stereocenters. The van der Waals surface area contributed by atoms with Crippen LogP contribution in [0.15, 0.2) is 0 Å². The Balaban J connectivity index is 1.72. The maximum absolute atomic E-state index is 5.89. The van der Waals surface area contributed by atoms with Crippen LogP contribution in [0.5, 0.6) is 0 Å². The van der Waals surface area contributed by atoms with Crippen molar-refractivity contribution in [3.05, 3.63) is 0 Å². The van der Waals surface area contributed by atoms with E-state index in [4.69, 9.17) is 10.5 Å². The summed E-state index contributed by atoms with van der Waals surface area (Å²) in [7, 11) is 2.22. The van der Waals surface area contributed by atoms with Gasteiger partial charge in [0.1, 0.15) is 0 Å². The minimum Gasteiger partial charge on any atom is -0.377 e. The standard InChI is InChI=1S/C13H26N2O/c1-15(9-12-5-2-3-8-16-12)11-13(10-14)6-4-7-13/h12H,2-11,14H2,1H3. The fraction of sp³-hybridized carbons (Fsp3) is 1.00. The summed E-state index contributed by atoms with van der Waals surface area (Å²) in [6.07, 6.45) is 8.28. The highest BCUT2D eigenvalue weighted by molar-refractivity contribution is 4.91. The molecule has 2 fully saturated rings. The van der Waals surface area contributed by atoms with Crippen LogP contribution in [-0.4, -0.2) is 44.3 Å². The van der Waals surface area contributed by atoms with Gasteiger partial charge in [0.15, 0.2) is 0 Å². The van der Waals surface area contributed by atoms with E-state index in [0.717, 1.165) is 26.2 Å². The van der Waals surface area contributed by atoms with Crippen LogP contribution in [0.1, 0.15) is 38.5 Å². The van der Waals surface area contributed by atoms with Gasteiger partial charge < -0.3 is 15.4 Å². The van der Waals surface area contributed by atoms with E-state index < -0.39 is 0 Å². The second kappa shape index (κ2) is 5.48. The Labute approximate surface area is 99.3 Å². The number of likely N-dealkylation sites (N-methyl/N-ethyl adjacent to an activating group) is 1. The van der Waals surface area contributed by atoms with Gasteiger partial charge in [0.25, 0.3) is 0 Å². The molecule has 0 radical (unpaired) electrons. The van der Waals surface area contributed by atoms with Crippen LogP contribution in [0.3, 0.4) is 0 Å². The van der Waals surface area contributed by atoms with Crippen molar-refractivity contribution >= 4 is 0 Å². The summed E-state index contributed by atoms with van der Waals surface area (Å²) >= 11 is 0. The fourth-order valence-corrected chi connectivity index (χ4v) is 3.04. The van der Waals surface area contributed by atoms with E-state index in [9.17, 15) is 0 Å². The van der Waals surface area contributed by atoms with Gasteiger partial charge in [-0.05, 0) is 51.1 Å². The van der Waals surface area contributed by atoms with Crippen molar-refractivity contribution < 1.29 is 4.74 Å². The summed E-state index contributed by atoms with van der Waals surface area (Å²) in [5, 5.41) is 0. The molecule has 0 bridgehead atoms. The number of hydrogen-bond donors (Lipinski definition) is 1. The van der Waals surface area contributed by atoms with Gasteiger partial charge in [0.05, 0.1) is 6.10 Å². The number of nitrogens with two attached hydrogens (primary N) is 1. The first-order chi connectivity index (χ1) is 7.74. The molecule has 2 N–H and O–H groups in total. The van der Waals surface area contributed by atoms with E-state index in [1.165, 1.54) is 38.5 Å². The van der Waals surface area contributed by atoms with Crippen LogP contribution in [0, 0.1) is 5.41 Å². The van der Waals surface area contributed by atoms with Gasteiger partial charge in [-0.15, -0.1) is 0 Å². The number of nitrogens with zero attached hydrogens (tertiary/aromatic N) is 1. The third kappa shape index (κ3) is 2.96. The van der Waals surface area contributed by atoms with E-state index in [0.29, 0.717) is 11.5 Å². The molecule has 1 saturated carbocycles. The number of rotatable bonds is 5. The third-order valence-corrected chi connectivity index (χ3v) is 4.24. The summed E-state index contributed by atoms with van der Waals surface area (Å²) in [5.74, 6) is 0. The van der Waals surface area contributed by atoms with Gasteiger partial charge in [0, 0.05) is 19.7 Å². The maximum Gasteiger partial charge on any atom is 0.0701 e. The molecule has 94 valence electrons. The Hall–Kier alpha value is -0.120. The van der Waals surface area contributed by atoms with Crippen molar-refractivity contribution in [2.75, 3.05) is 33.3 Å². The minimum absolute atomic E-state index is 0.434. The highest BCUT2D eigenvalue weighted by atomic mass is 16.5. The van der Waals surface area contributed by atoms with E-state index in [1.54, 1.807) is 0 Å². The topological polar surface area (TPSA) is 38.5 Å². The van der Waals surface area contributed by atoms with Crippen molar-refractivity contribution in [2.24, 2.45) is 11.1 Å². The average molecular weight is 226 g/mol. The van der Waals surface area contributed by atoms with Gasteiger partial charge in [0.2, 0.25) is 0 Å². The molecule has 2 rings (SSSR count). The second-order valence-corrected chi connectivity index (χ2v) is 5.74. The normalized spacial score (nSPS) is 29.1. The largest absolute Gasteiger partial charge is 0.377 e. The molecule has 1 unspecified atom stereocenters. The molecule has 1 aliphatic carbocycles. The average Bonchev–Trinajstić information content (AvgIpc) is 2.25. The van der Waals surface area contributed by atoms with Gasteiger partial charge in [-0.1, -0.05) is 6.42 Å². The zero-order valence-corrected chi connectivity index (χ0v) is 10.6. The molecular formula is C13H26N2O. The monoisotopic (exact) mass is 226 g/mol. The van der Waals surface area contributed by atoms with Crippen LogP contribution in [0.4, 0.5) is 0 Å². The maximum atomic E-state index is 5.89. The Morgan fingerprint density at radius 3 is 2.62 bits per heavy atom. The highest BCUT2D eigenvalue weighted by Crippen LogP contribution is 2.40.